The Bertz CT molecular complexity index is 267. The highest BCUT2D eigenvalue weighted by Gasteiger charge is 2.06. The zero-order valence-electron chi connectivity index (χ0n) is 7.22. The minimum Gasteiger partial charge on any atom is -0.378 e. The van der Waals surface area contributed by atoms with Gasteiger partial charge in [-0.25, -0.2) is 4.98 Å². The Kier molecular flexibility index (Phi) is 2.89. The Labute approximate surface area is 80.8 Å². The van der Waals surface area contributed by atoms with Crippen molar-refractivity contribution in [2.75, 3.05) is 26.3 Å². The Balaban J connectivity index is 1.89. The predicted octanol–water partition coefficient (Wildman–Crippen LogP) is 0.809. The molecule has 0 unspecified atom stereocenters. The van der Waals surface area contributed by atoms with Gasteiger partial charge in [0.2, 0.25) is 0 Å². The van der Waals surface area contributed by atoms with E-state index >= 15 is 0 Å². The predicted molar refractivity (Wildman–Crippen MR) is 52.1 cm³/mol. The lowest BCUT2D eigenvalue weighted by molar-refractivity contribution is 0.0397. The van der Waals surface area contributed by atoms with Crippen molar-refractivity contribution in [2.24, 2.45) is 5.10 Å². The molecule has 1 aromatic heterocycles. The quantitative estimate of drug-likeness (QED) is 0.658. The van der Waals surface area contributed by atoms with E-state index in [0.29, 0.717) is 0 Å². The van der Waals surface area contributed by atoms with Crippen molar-refractivity contribution in [1.82, 2.24) is 9.99 Å². The fraction of sp³-hybridized carbons (Fsp3) is 0.500. The third-order valence-electron chi connectivity index (χ3n) is 1.77. The largest absolute Gasteiger partial charge is 0.378 e. The standard InChI is InChI=1S/C8H11N3OS/c1-6-13-8(9-1)7-10-11-2-4-12-5-3-11/h1,6-7H,2-5H2/b10-7+. The van der Waals surface area contributed by atoms with E-state index in [0.717, 1.165) is 31.3 Å². The molecule has 0 amide bonds. The van der Waals surface area contributed by atoms with E-state index in [-0.39, 0.29) is 0 Å². The summed E-state index contributed by atoms with van der Waals surface area (Å²) in [5, 5.41) is 9.20. The average molecular weight is 197 g/mol. The smallest absolute Gasteiger partial charge is 0.136 e. The van der Waals surface area contributed by atoms with Crippen molar-refractivity contribution in [2.45, 2.75) is 0 Å². The van der Waals surface area contributed by atoms with Gasteiger partial charge in [-0.1, -0.05) is 0 Å². The SMILES string of the molecule is C(=N\N1CCOCC1)/c1nccs1. The zero-order valence-corrected chi connectivity index (χ0v) is 8.04. The first-order chi connectivity index (χ1) is 6.45. The monoisotopic (exact) mass is 197 g/mol. The van der Waals surface area contributed by atoms with Gasteiger partial charge in [-0.2, -0.15) is 5.10 Å². The van der Waals surface area contributed by atoms with Crippen LogP contribution >= 0.6 is 11.3 Å². The van der Waals surface area contributed by atoms with Gasteiger partial charge >= 0.3 is 0 Å². The normalized spacial score (nSPS) is 18.3. The number of thiazole rings is 1. The lowest BCUT2D eigenvalue weighted by atomic mass is 10.5. The second-order valence-corrected chi connectivity index (χ2v) is 3.61. The maximum atomic E-state index is 5.21. The first-order valence-corrected chi connectivity index (χ1v) is 5.09. The highest BCUT2D eigenvalue weighted by molar-refractivity contribution is 7.11. The molecule has 0 atom stereocenters. The second-order valence-electron chi connectivity index (χ2n) is 2.68. The summed E-state index contributed by atoms with van der Waals surface area (Å²) in [5.74, 6) is 0. The van der Waals surface area contributed by atoms with Gasteiger partial charge in [0.1, 0.15) is 5.01 Å². The van der Waals surface area contributed by atoms with E-state index in [9.17, 15) is 0 Å². The molecule has 0 bridgehead atoms. The lowest BCUT2D eigenvalue weighted by Crippen LogP contribution is -2.32. The zero-order chi connectivity index (χ0) is 8.93. The highest BCUT2D eigenvalue weighted by atomic mass is 32.1. The van der Waals surface area contributed by atoms with Crippen molar-refractivity contribution in [3.05, 3.63) is 16.6 Å². The number of ether oxygens (including phenoxy) is 1. The first kappa shape index (κ1) is 8.65. The molecule has 0 radical (unpaired) electrons. The second kappa shape index (κ2) is 4.34. The molecule has 2 rings (SSSR count). The van der Waals surface area contributed by atoms with Gasteiger partial charge in [-0.15, -0.1) is 11.3 Å². The Morgan fingerprint density at radius 1 is 1.54 bits per heavy atom. The van der Waals surface area contributed by atoms with Gasteiger partial charge in [0, 0.05) is 11.6 Å². The van der Waals surface area contributed by atoms with E-state index in [1.54, 1.807) is 23.7 Å². The van der Waals surface area contributed by atoms with Crippen molar-refractivity contribution in [1.29, 1.82) is 0 Å². The van der Waals surface area contributed by atoms with Crippen molar-refractivity contribution in [3.8, 4) is 0 Å². The molecule has 0 saturated carbocycles. The van der Waals surface area contributed by atoms with E-state index in [2.05, 4.69) is 10.1 Å². The highest BCUT2D eigenvalue weighted by Crippen LogP contribution is 2.02. The van der Waals surface area contributed by atoms with Crippen molar-refractivity contribution in [3.63, 3.8) is 0 Å². The van der Waals surface area contributed by atoms with Crippen LogP contribution in [0.5, 0.6) is 0 Å². The van der Waals surface area contributed by atoms with E-state index in [1.807, 2.05) is 10.4 Å². The fourth-order valence-corrected chi connectivity index (χ4v) is 1.59. The van der Waals surface area contributed by atoms with Crippen LogP contribution in [0.4, 0.5) is 0 Å². The van der Waals surface area contributed by atoms with Gasteiger partial charge in [-0.05, 0) is 0 Å². The number of hydrogen-bond donors (Lipinski definition) is 0. The van der Waals surface area contributed by atoms with Crippen LogP contribution < -0.4 is 0 Å². The van der Waals surface area contributed by atoms with Crippen LogP contribution in [0.15, 0.2) is 16.7 Å². The van der Waals surface area contributed by atoms with Gasteiger partial charge in [0.05, 0.1) is 32.5 Å². The molecule has 1 aliphatic rings. The fourth-order valence-electron chi connectivity index (χ4n) is 1.10. The molecule has 13 heavy (non-hydrogen) atoms. The van der Waals surface area contributed by atoms with Crippen molar-refractivity contribution < 1.29 is 4.74 Å². The molecule has 1 fully saturated rings. The molecule has 0 aliphatic carbocycles. The summed E-state index contributed by atoms with van der Waals surface area (Å²) in [6, 6.07) is 0. The number of aromatic nitrogens is 1. The number of hydrogen-bond acceptors (Lipinski definition) is 5. The Morgan fingerprint density at radius 3 is 3.08 bits per heavy atom. The Hall–Kier alpha value is -0.940. The van der Waals surface area contributed by atoms with E-state index in [1.165, 1.54) is 0 Å². The summed E-state index contributed by atoms with van der Waals surface area (Å²) in [5.41, 5.74) is 0. The van der Waals surface area contributed by atoms with Gasteiger partial charge < -0.3 is 4.74 Å². The third kappa shape index (κ3) is 2.50. The molecule has 2 heterocycles. The maximum Gasteiger partial charge on any atom is 0.136 e. The van der Waals surface area contributed by atoms with E-state index in [4.69, 9.17) is 4.74 Å². The molecule has 5 heteroatoms. The Morgan fingerprint density at radius 2 is 2.38 bits per heavy atom. The van der Waals surface area contributed by atoms with Crippen LogP contribution in [0.1, 0.15) is 5.01 Å². The molecule has 1 saturated heterocycles. The molecule has 0 spiro atoms. The number of nitrogens with zero attached hydrogens (tertiary/aromatic N) is 3. The molecule has 4 nitrogen and oxygen atoms in total. The molecule has 0 aromatic carbocycles. The van der Waals surface area contributed by atoms with Crippen LogP contribution in [-0.4, -0.2) is 42.5 Å². The molecule has 1 aliphatic heterocycles. The van der Waals surface area contributed by atoms with Gasteiger partial charge in [0.15, 0.2) is 0 Å². The first-order valence-electron chi connectivity index (χ1n) is 4.21. The average Bonchev–Trinajstić information content (AvgIpc) is 2.69. The summed E-state index contributed by atoms with van der Waals surface area (Å²) in [7, 11) is 0. The summed E-state index contributed by atoms with van der Waals surface area (Å²) < 4.78 is 5.21. The van der Waals surface area contributed by atoms with Crippen LogP contribution in [0.3, 0.4) is 0 Å². The minimum atomic E-state index is 0.773. The lowest BCUT2D eigenvalue weighted by Gasteiger charge is -2.23. The minimum absolute atomic E-state index is 0.773. The molecular formula is C8H11N3OS. The van der Waals surface area contributed by atoms with Crippen LogP contribution in [0, 0.1) is 0 Å². The molecule has 0 N–H and O–H groups in total. The van der Waals surface area contributed by atoms with Gasteiger partial charge in [0.25, 0.3) is 0 Å². The molecule has 1 aromatic rings. The number of rotatable bonds is 2. The molecular weight excluding hydrogens is 186 g/mol. The summed E-state index contributed by atoms with van der Waals surface area (Å²) in [6.45, 7) is 3.30. The summed E-state index contributed by atoms with van der Waals surface area (Å²) >= 11 is 1.59. The van der Waals surface area contributed by atoms with Gasteiger partial charge in [-0.3, -0.25) is 5.01 Å². The summed E-state index contributed by atoms with van der Waals surface area (Å²) in [4.78, 5) is 4.11. The third-order valence-corrected chi connectivity index (χ3v) is 2.48. The van der Waals surface area contributed by atoms with Crippen LogP contribution in [0.2, 0.25) is 0 Å². The van der Waals surface area contributed by atoms with Crippen LogP contribution in [-0.2, 0) is 4.74 Å². The summed E-state index contributed by atoms with van der Waals surface area (Å²) in [6.07, 6.45) is 3.58. The maximum absolute atomic E-state index is 5.21. The van der Waals surface area contributed by atoms with Crippen molar-refractivity contribution >= 4 is 17.6 Å². The number of morpholine rings is 1. The molecule has 70 valence electrons. The van der Waals surface area contributed by atoms with Crippen LogP contribution in [0.25, 0.3) is 0 Å². The van der Waals surface area contributed by atoms with E-state index < -0.39 is 0 Å². The topological polar surface area (TPSA) is 37.7 Å². The number of hydrazone groups is 1.